The molecule has 0 spiro atoms. The number of unbranched alkanes of at least 4 members (excludes halogenated alkanes) is 3. The maximum Gasteiger partial charge on any atom is 0.122 e. The zero-order valence-electron chi connectivity index (χ0n) is 14.3. The van der Waals surface area contributed by atoms with Crippen molar-refractivity contribution in [2.45, 2.75) is 44.6 Å². The molecule has 0 aliphatic heterocycles. The van der Waals surface area contributed by atoms with Gasteiger partial charge in [0.05, 0.1) is 10.6 Å². The maximum atomic E-state index is 10.3. The molecule has 2 heterocycles. The molecule has 0 fully saturated rings. The molecule has 4 heteroatoms. The summed E-state index contributed by atoms with van der Waals surface area (Å²) in [6, 6.07) is 16.5. The molecule has 3 nitrogen and oxygen atoms in total. The van der Waals surface area contributed by atoms with Gasteiger partial charge < -0.3 is 5.11 Å². The van der Waals surface area contributed by atoms with Crippen LogP contribution in [-0.4, -0.2) is 15.1 Å². The normalized spacial score (nSPS) is 12.2. The molecular formula is C21H24N2OS. The number of benzene rings is 1. The topological polar surface area (TPSA) is 46.0 Å². The largest absolute Gasteiger partial charge is 0.386 e. The number of aliphatic hydroxyl groups is 1. The highest BCUT2D eigenvalue weighted by Crippen LogP contribution is 2.29. The minimum Gasteiger partial charge on any atom is -0.386 e. The van der Waals surface area contributed by atoms with Crippen molar-refractivity contribution < 1.29 is 5.11 Å². The summed E-state index contributed by atoms with van der Waals surface area (Å²) in [5.41, 5.74) is 2.33. The smallest absolute Gasteiger partial charge is 0.122 e. The van der Waals surface area contributed by atoms with E-state index >= 15 is 0 Å². The first-order chi connectivity index (χ1) is 12.3. The Bertz CT molecular complexity index is 743. The van der Waals surface area contributed by atoms with Gasteiger partial charge in [-0.1, -0.05) is 55.7 Å². The SMILES string of the molecule is OC(CCCCCCc1ccccc1)c1ncc(-c2ccccn2)s1. The highest BCUT2D eigenvalue weighted by atomic mass is 32.1. The van der Waals surface area contributed by atoms with Gasteiger partial charge in [-0.05, 0) is 37.0 Å². The molecule has 3 aromatic rings. The van der Waals surface area contributed by atoms with Crippen molar-refractivity contribution in [3.63, 3.8) is 0 Å². The predicted octanol–water partition coefficient (Wildman–Crippen LogP) is 5.43. The molecule has 0 amide bonds. The lowest BCUT2D eigenvalue weighted by Gasteiger charge is -2.07. The first-order valence-corrected chi connectivity index (χ1v) is 9.74. The number of aromatic nitrogens is 2. The quantitative estimate of drug-likeness (QED) is 0.522. The van der Waals surface area contributed by atoms with Gasteiger partial charge in [-0.15, -0.1) is 11.3 Å². The molecule has 1 unspecified atom stereocenters. The number of aryl methyl sites for hydroxylation is 1. The van der Waals surface area contributed by atoms with Gasteiger partial charge >= 0.3 is 0 Å². The third-order valence-corrected chi connectivity index (χ3v) is 5.38. The third-order valence-electron chi connectivity index (χ3n) is 4.26. The molecule has 2 aromatic heterocycles. The van der Waals surface area contributed by atoms with Crippen LogP contribution in [0.4, 0.5) is 0 Å². The van der Waals surface area contributed by atoms with E-state index < -0.39 is 6.10 Å². The molecule has 0 saturated carbocycles. The second kappa shape index (κ2) is 9.44. The lowest BCUT2D eigenvalue weighted by molar-refractivity contribution is 0.163. The van der Waals surface area contributed by atoms with Crippen LogP contribution in [0.25, 0.3) is 10.6 Å². The number of hydrogen-bond acceptors (Lipinski definition) is 4. The zero-order valence-corrected chi connectivity index (χ0v) is 15.2. The van der Waals surface area contributed by atoms with Gasteiger partial charge in [0.25, 0.3) is 0 Å². The molecular weight excluding hydrogens is 328 g/mol. The van der Waals surface area contributed by atoms with E-state index in [1.165, 1.54) is 29.7 Å². The Morgan fingerprint density at radius 1 is 0.880 bits per heavy atom. The van der Waals surface area contributed by atoms with Crippen LogP contribution < -0.4 is 0 Å². The lowest BCUT2D eigenvalue weighted by atomic mass is 10.0. The van der Waals surface area contributed by atoms with Crippen molar-refractivity contribution in [2.75, 3.05) is 0 Å². The van der Waals surface area contributed by atoms with Crippen molar-refractivity contribution in [3.8, 4) is 10.6 Å². The molecule has 3 rings (SSSR count). The summed E-state index contributed by atoms with van der Waals surface area (Å²) >= 11 is 1.54. The van der Waals surface area contributed by atoms with Gasteiger partial charge in [0.15, 0.2) is 0 Å². The molecule has 1 atom stereocenters. The first-order valence-electron chi connectivity index (χ1n) is 8.92. The summed E-state index contributed by atoms with van der Waals surface area (Å²) in [5.74, 6) is 0. The molecule has 1 aromatic carbocycles. The molecule has 0 bridgehead atoms. The van der Waals surface area contributed by atoms with Crippen LogP contribution >= 0.6 is 11.3 Å². The van der Waals surface area contributed by atoms with E-state index in [0.29, 0.717) is 0 Å². The van der Waals surface area contributed by atoms with E-state index in [0.717, 1.165) is 41.3 Å². The number of pyridine rings is 1. The predicted molar refractivity (Wildman–Crippen MR) is 104 cm³/mol. The number of rotatable bonds is 9. The van der Waals surface area contributed by atoms with Gasteiger partial charge in [-0.25, -0.2) is 4.98 Å². The van der Waals surface area contributed by atoms with Gasteiger partial charge in [0.2, 0.25) is 0 Å². The van der Waals surface area contributed by atoms with E-state index in [4.69, 9.17) is 0 Å². The van der Waals surface area contributed by atoms with Crippen molar-refractivity contribution >= 4 is 11.3 Å². The molecule has 0 radical (unpaired) electrons. The molecule has 0 aliphatic carbocycles. The number of thiazole rings is 1. The highest BCUT2D eigenvalue weighted by molar-refractivity contribution is 7.15. The standard InChI is InChI=1S/C21H24N2OS/c24-19(14-7-2-1-4-10-17-11-5-3-6-12-17)21-23-16-20(25-21)18-13-8-9-15-22-18/h3,5-6,8-9,11-13,15-16,19,24H,1-2,4,7,10,14H2. The summed E-state index contributed by atoms with van der Waals surface area (Å²) < 4.78 is 0. The highest BCUT2D eigenvalue weighted by Gasteiger charge is 2.13. The fourth-order valence-electron chi connectivity index (χ4n) is 2.86. The Kier molecular flexibility index (Phi) is 6.71. The van der Waals surface area contributed by atoms with Crippen LogP contribution in [0.2, 0.25) is 0 Å². The Labute approximate surface area is 153 Å². The van der Waals surface area contributed by atoms with Gasteiger partial charge in [-0.2, -0.15) is 0 Å². The van der Waals surface area contributed by atoms with Crippen LogP contribution in [0.1, 0.15) is 48.8 Å². The summed E-state index contributed by atoms with van der Waals surface area (Å²) in [5, 5.41) is 11.1. The number of nitrogens with zero attached hydrogens (tertiary/aromatic N) is 2. The number of hydrogen-bond donors (Lipinski definition) is 1. The van der Waals surface area contributed by atoms with E-state index in [-0.39, 0.29) is 0 Å². The second-order valence-corrected chi connectivity index (χ2v) is 7.29. The van der Waals surface area contributed by atoms with E-state index in [1.807, 2.05) is 24.4 Å². The Morgan fingerprint density at radius 2 is 1.68 bits per heavy atom. The van der Waals surface area contributed by atoms with Gasteiger partial charge in [0.1, 0.15) is 11.1 Å². The zero-order chi connectivity index (χ0) is 17.3. The van der Waals surface area contributed by atoms with Crippen LogP contribution in [0.5, 0.6) is 0 Å². The summed E-state index contributed by atoms with van der Waals surface area (Å²) in [6.45, 7) is 0. The monoisotopic (exact) mass is 352 g/mol. The average Bonchev–Trinajstić information content (AvgIpc) is 3.16. The van der Waals surface area contributed by atoms with Crippen LogP contribution in [0, 0.1) is 0 Å². The Hall–Kier alpha value is -2.04. The summed E-state index contributed by atoms with van der Waals surface area (Å²) in [6.07, 6.45) is 9.66. The Balaban J connectivity index is 1.37. The molecule has 1 N–H and O–H groups in total. The van der Waals surface area contributed by atoms with E-state index in [1.54, 1.807) is 6.20 Å². The van der Waals surface area contributed by atoms with Crippen LogP contribution in [0.3, 0.4) is 0 Å². The first kappa shape index (κ1) is 17.8. The lowest BCUT2D eigenvalue weighted by Crippen LogP contribution is -1.96. The van der Waals surface area contributed by atoms with Crippen molar-refractivity contribution in [2.24, 2.45) is 0 Å². The molecule has 130 valence electrons. The second-order valence-electron chi connectivity index (χ2n) is 6.23. The van der Waals surface area contributed by atoms with E-state index in [2.05, 4.69) is 40.3 Å². The fourth-order valence-corrected chi connectivity index (χ4v) is 3.77. The van der Waals surface area contributed by atoms with Crippen LogP contribution in [-0.2, 0) is 6.42 Å². The van der Waals surface area contributed by atoms with Gasteiger partial charge in [0, 0.05) is 12.4 Å². The minimum atomic E-state index is -0.461. The molecule has 0 aliphatic rings. The van der Waals surface area contributed by atoms with Crippen molar-refractivity contribution in [3.05, 3.63) is 71.5 Å². The molecule has 0 saturated heterocycles. The average molecular weight is 353 g/mol. The van der Waals surface area contributed by atoms with Gasteiger partial charge in [-0.3, -0.25) is 4.98 Å². The Morgan fingerprint density at radius 3 is 2.48 bits per heavy atom. The third kappa shape index (κ3) is 5.48. The maximum absolute atomic E-state index is 10.3. The van der Waals surface area contributed by atoms with E-state index in [9.17, 15) is 5.11 Å². The minimum absolute atomic E-state index is 0.461. The fraction of sp³-hybridized carbons (Fsp3) is 0.333. The van der Waals surface area contributed by atoms with Crippen molar-refractivity contribution in [1.82, 2.24) is 9.97 Å². The number of aliphatic hydroxyl groups excluding tert-OH is 1. The van der Waals surface area contributed by atoms with Crippen molar-refractivity contribution in [1.29, 1.82) is 0 Å². The summed E-state index contributed by atoms with van der Waals surface area (Å²) in [4.78, 5) is 9.72. The van der Waals surface area contributed by atoms with Crippen LogP contribution in [0.15, 0.2) is 60.9 Å². The summed E-state index contributed by atoms with van der Waals surface area (Å²) in [7, 11) is 0. The molecule has 25 heavy (non-hydrogen) atoms.